The van der Waals surface area contributed by atoms with Crippen molar-refractivity contribution in [2.45, 2.75) is 12.2 Å². The highest BCUT2D eigenvalue weighted by Crippen LogP contribution is 2.62. The number of benzene rings is 2. The van der Waals surface area contributed by atoms with E-state index >= 15 is 0 Å². The zero-order valence-electron chi connectivity index (χ0n) is 15.5. The molecule has 0 bridgehead atoms. The Kier molecular flexibility index (Phi) is 6.96. The first-order valence-corrected chi connectivity index (χ1v) is 10.1. The van der Waals surface area contributed by atoms with Gasteiger partial charge in [0.1, 0.15) is 6.54 Å². The van der Waals surface area contributed by atoms with Crippen LogP contribution in [-0.2, 0) is 24.1 Å². The van der Waals surface area contributed by atoms with E-state index in [0.29, 0.717) is 0 Å². The van der Waals surface area contributed by atoms with Gasteiger partial charge in [0.2, 0.25) is 0 Å². The maximum atomic E-state index is 12.9. The Balaban J connectivity index is 2.86. The summed E-state index contributed by atoms with van der Waals surface area (Å²) in [4.78, 5) is 46.6. The summed E-state index contributed by atoms with van der Waals surface area (Å²) < 4.78 is 22.6. The van der Waals surface area contributed by atoms with Crippen molar-refractivity contribution in [1.82, 2.24) is 4.90 Å². The van der Waals surface area contributed by atoms with Gasteiger partial charge in [-0.25, -0.2) is 4.79 Å². The summed E-state index contributed by atoms with van der Waals surface area (Å²) in [5.74, 6) is -0.822. The molecule has 0 radical (unpaired) electrons. The topological polar surface area (TPSA) is 113 Å². The van der Waals surface area contributed by atoms with Crippen LogP contribution in [0.3, 0.4) is 0 Å². The monoisotopic (exact) mass is 407 g/mol. The lowest BCUT2D eigenvalue weighted by Crippen LogP contribution is -2.52. The minimum Gasteiger partial charge on any atom is -0.465 e. The molecule has 0 fully saturated rings. The Morgan fingerprint density at radius 3 is 1.82 bits per heavy atom. The minimum absolute atomic E-state index is 0.0490. The highest BCUT2D eigenvalue weighted by Gasteiger charge is 2.57. The summed E-state index contributed by atoms with van der Waals surface area (Å²) in [5, 5.41) is -2.28. The van der Waals surface area contributed by atoms with Crippen molar-refractivity contribution in [2.75, 3.05) is 20.3 Å². The molecule has 0 saturated carbocycles. The van der Waals surface area contributed by atoms with E-state index < -0.39 is 31.5 Å². The third-order valence-corrected chi connectivity index (χ3v) is 5.75. The number of hydrogen-bond donors (Lipinski definition) is 2. The second-order valence-electron chi connectivity index (χ2n) is 5.81. The molecule has 0 unspecified atom stereocenters. The van der Waals surface area contributed by atoms with E-state index in [2.05, 4.69) is 0 Å². The van der Waals surface area contributed by atoms with Crippen molar-refractivity contribution >= 4 is 19.7 Å². The second-order valence-corrected chi connectivity index (χ2v) is 7.54. The van der Waals surface area contributed by atoms with Crippen LogP contribution >= 0.6 is 7.60 Å². The highest BCUT2D eigenvalue weighted by atomic mass is 31.2. The Morgan fingerprint density at radius 2 is 1.46 bits per heavy atom. The second kappa shape index (κ2) is 9.01. The zero-order valence-corrected chi connectivity index (χ0v) is 16.4. The fraction of sp³-hybridized carbons (Fsp3) is 0.263. The Morgan fingerprint density at radius 1 is 1.00 bits per heavy atom. The van der Waals surface area contributed by atoms with Gasteiger partial charge in [-0.1, -0.05) is 60.7 Å². The number of carbonyl (C=O) groups excluding carboxylic acids is 2. The number of amides is 1. The maximum absolute atomic E-state index is 12.9. The SMILES string of the molecule is CCOC(=O)CN(C(=O)OC)C(c1ccccc1)(c1ccccc1)P(=O)(O)O. The van der Waals surface area contributed by atoms with Gasteiger partial charge in [0.05, 0.1) is 13.7 Å². The number of ether oxygens (including phenoxy) is 2. The van der Waals surface area contributed by atoms with Gasteiger partial charge in [0.25, 0.3) is 0 Å². The molecular formula is C19H22NO7P. The van der Waals surface area contributed by atoms with Gasteiger partial charge in [-0.2, -0.15) is 0 Å². The molecule has 2 aromatic carbocycles. The fourth-order valence-corrected chi connectivity index (χ4v) is 4.51. The molecule has 0 aromatic heterocycles. The molecule has 0 atom stereocenters. The van der Waals surface area contributed by atoms with Gasteiger partial charge in [-0.3, -0.25) is 14.3 Å². The van der Waals surface area contributed by atoms with Crippen molar-refractivity contribution in [1.29, 1.82) is 0 Å². The van der Waals surface area contributed by atoms with Crippen LogP contribution in [0.25, 0.3) is 0 Å². The molecule has 2 rings (SSSR count). The standard InChI is InChI=1S/C19H22NO7P/c1-3-27-17(21)14-20(18(22)26-2)19(28(23,24)25,15-10-6-4-7-11-15)16-12-8-5-9-13-16/h4-13H,3,14H2,1-2H3,(H2,23,24,25). The van der Waals surface area contributed by atoms with Crippen LogP contribution in [0.5, 0.6) is 0 Å². The molecule has 8 nitrogen and oxygen atoms in total. The predicted molar refractivity (Wildman–Crippen MR) is 101 cm³/mol. The summed E-state index contributed by atoms with van der Waals surface area (Å²) in [6.07, 6.45) is -1.08. The largest absolute Gasteiger partial charge is 0.465 e. The summed E-state index contributed by atoms with van der Waals surface area (Å²) in [6.45, 7) is 0.924. The third-order valence-electron chi connectivity index (χ3n) is 4.15. The quantitative estimate of drug-likeness (QED) is 0.536. The van der Waals surface area contributed by atoms with Gasteiger partial charge in [-0.15, -0.1) is 0 Å². The van der Waals surface area contributed by atoms with E-state index in [1.807, 2.05) is 0 Å². The van der Waals surface area contributed by atoms with Gasteiger partial charge in [0.15, 0.2) is 5.28 Å². The molecule has 0 saturated heterocycles. The van der Waals surface area contributed by atoms with Gasteiger partial charge < -0.3 is 19.3 Å². The molecule has 0 aliphatic rings. The van der Waals surface area contributed by atoms with Crippen LogP contribution < -0.4 is 0 Å². The number of rotatable bonds is 7. The number of carbonyl (C=O) groups is 2. The molecule has 150 valence electrons. The van der Waals surface area contributed by atoms with Crippen LogP contribution in [0, 0.1) is 0 Å². The first-order chi connectivity index (χ1) is 13.3. The molecule has 9 heteroatoms. The number of esters is 1. The Hall–Kier alpha value is -2.67. The lowest BCUT2D eigenvalue weighted by Gasteiger charge is -2.43. The van der Waals surface area contributed by atoms with Crippen LogP contribution in [0.1, 0.15) is 18.1 Å². The molecular weight excluding hydrogens is 385 g/mol. The van der Waals surface area contributed by atoms with Gasteiger partial charge >= 0.3 is 19.7 Å². The van der Waals surface area contributed by atoms with Crippen molar-refractivity contribution in [3.63, 3.8) is 0 Å². The smallest absolute Gasteiger partial charge is 0.411 e. The number of nitrogens with zero attached hydrogens (tertiary/aromatic N) is 1. The van der Waals surface area contributed by atoms with E-state index in [1.54, 1.807) is 43.3 Å². The molecule has 2 N–H and O–H groups in total. The summed E-state index contributed by atoms with van der Waals surface area (Å²) in [5.41, 5.74) is 0.258. The molecule has 2 aromatic rings. The molecule has 1 amide bonds. The van der Waals surface area contributed by atoms with E-state index in [0.717, 1.165) is 12.0 Å². The maximum Gasteiger partial charge on any atom is 0.411 e. The lowest BCUT2D eigenvalue weighted by atomic mass is 9.96. The van der Waals surface area contributed by atoms with Crippen molar-refractivity contribution in [2.24, 2.45) is 0 Å². The molecule has 0 aliphatic heterocycles. The van der Waals surface area contributed by atoms with E-state index in [9.17, 15) is 23.9 Å². The number of hydrogen-bond acceptors (Lipinski definition) is 5. The molecule has 0 aliphatic carbocycles. The normalized spacial score (nSPS) is 11.6. The first-order valence-electron chi connectivity index (χ1n) is 8.47. The lowest BCUT2D eigenvalue weighted by molar-refractivity contribution is -0.144. The van der Waals surface area contributed by atoms with Crippen LogP contribution in [-0.4, -0.2) is 47.0 Å². The summed E-state index contributed by atoms with van der Waals surface area (Å²) in [6, 6.07) is 15.6. The van der Waals surface area contributed by atoms with Crippen LogP contribution in [0.2, 0.25) is 0 Å². The highest BCUT2D eigenvalue weighted by molar-refractivity contribution is 7.53. The Labute approximate surface area is 162 Å². The van der Waals surface area contributed by atoms with E-state index in [-0.39, 0.29) is 17.7 Å². The zero-order chi connectivity index (χ0) is 20.8. The Bertz CT molecular complexity index is 812. The molecule has 28 heavy (non-hydrogen) atoms. The van der Waals surface area contributed by atoms with E-state index in [4.69, 9.17) is 9.47 Å². The number of methoxy groups -OCH3 is 1. The van der Waals surface area contributed by atoms with Gasteiger partial charge in [0, 0.05) is 0 Å². The average molecular weight is 407 g/mol. The van der Waals surface area contributed by atoms with Gasteiger partial charge in [-0.05, 0) is 18.1 Å². The average Bonchev–Trinajstić information content (AvgIpc) is 2.68. The van der Waals surface area contributed by atoms with E-state index in [1.165, 1.54) is 24.3 Å². The fourth-order valence-electron chi connectivity index (χ4n) is 3.07. The van der Waals surface area contributed by atoms with Crippen molar-refractivity contribution in [3.05, 3.63) is 71.8 Å². The van der Waals surface area contributed by atoms with Crippen molar-refractivity contribution < 1.29 is 33.4 Å². The van der Waals surface area contributed by atoms with Crippen LogP contribution in [0.4, 0.5) is 4.79 Å². The van der Waals surface area contributed by atoms with Crippen molar-refractivity contribution in [3.8, 4) is 0 Å². The predicted octanol–water partition coefficient (Wildman–Crippen LogP) is 2.70. The molecule has 0 spiro atoms. The summed E-state index contributed by atoms with van der Waals surface area (Å²) in [7, 11) is -4.06. The molecule has 0 heterocycles. The van der Waals surface area contributed by atoms with Crippen LogP contribution in [0.15, 0.2) is 60.7 Å². The first kappa shape index (κ1) is 21.6. The summed E-state index contributed by atoms with van der Waals surface area (Å²) >= 11 is 0. The minimum atomic E-state index is -5.13. The third kappa shape index (κ3) is 4.09.